The number of benzene rings is 1. The highest BCUT2D eigenvalue weighted by Gasteiger charge is 1.99. The van der Waals surface area contributed by atoms with Crippen LogP contribution in [-0.4, -0.2) is 0 Å². The maximum atomic E-state index is 10.7. The molecule has 0 spiro atoms. The van der Waals surface area contributed by atoms with Crippen LogP contribution in [0.25, 0.3) is 0 Å². The van der Waals surface area contributed by atoms with Gasteiger partial charge in [0.1, 0.15) is 0 Å². The summed E-state index contributed by atoms with van der Waals surface area (Å²) in [4.78, 5) is 0. The van der Waals surface area contributed by atoms with Gasteiger partial charge in [-0.2, -0.15) is 0 Å². The molecule has 2 heteroatoms. The summed E-state index contributed by atoms with van der Waals surface area (Å²) in [7, 11) is 0. The third-order valence-corrected chi connectivity index (χ3v) is 3.49. The molecular formula is C9H11IO. The van der Waals surface area contributed by atoms with E-state index in [1.54, 1.807) is 0 Å². The summed E-state index contributed by atoms with van der Waals surface area (Å²) in [6.07, 6.45) is 0. The van der Waals surface area contributed by atoms with Crippen LogP contribution >= 0.6 is 21.2 Å². The highest BCUT2D eigenvalue weighted by molar-refractivity contribution is 14.1. The van der Waals surface area contributed by atoms with E-state index in [9.17, 15) is 3.07 Å². The van der Waals surface area contributed by atoms with Crippen LogP contribution in [0.15, 0.2) is 12.1 Å². The number of halogens is 1. The largest absolute Gasteiger partial charge is 0.265 e. The maximum Gasteiger partial charge on any atom is 0.182 e. The fraction of sp³-hybridized carbons (Fsp3) is 0.333. The Morgan fingerprint density at radius 1 is 1.00 bits per heavy atom. The van der Waals surface area contributed by atoms with Crippen LogP contribution in [0, 0.1) is 24.3 Å². The standard InChI is InChI=1S/C9H11IO/c1-6-4-8(3)9(10-11)5-7(6)2/h4-5H,1-3H3. The van der Waals surface area contributed by atoms with E-state index in [0.717, 1.165) is 9.13 Å². The molecular weight excluding hydrogens is 251 g/mol. The first-order valence-electron chi connectivity index (χ1n) is 3.50. The Kier molecular flexibility index (Phi) is 2.76. The lowest BCUT2D eigenvalue weighted by atomic mass is 10.1. The average molecular weight is 262 g/mol. The van der Waals surface area contributed by atoms with E-state index in [2.05, 4.69) is 19.9 Å². The van der Waals surface area contributed by atoms with Gasteiger partial charge in [-0.05, 0) is 43.5 Å². The van der Waals surface area contributed by atoms with Gasteiger partial charge in [-0.25, -0.2) is 0 Å². The molecule has 0 radical (unpaired) electrons. The summed E-state index contributed by atoms with van der Waals surface area (Å²) in [5.74, 6) is 0. The van der Waals surface area contributed by atoms with Gasteiger partial charge in [-0.3, -0.25) is 3.07 Å². The summed E-state index contributed by atoms with van der Waals surface area (Å²) in [6, 6.07) is 4.13. The van der Waals surface area contributed by atoms with Crippen LogP contribution in [0.2, 0.25) is 0 Å². The fourth-order valence-corrected chi connectivity index (χ4v) is 2.11. The highest BCUT2D eigenvalue weighted by atomic mass is 127. The first-order valence-corrected chi connectivity index (χ1v) is 5.46. The molecule has 0 aliphatic heterocycles. The zero-order valence-corrected chi connectivity index (χ0v) is 9.10. The van der Waals surface area contributed by atoms with Crippen LogP contribution in [0.3, 0.4) is 0 Å². The third-order valence-electron chi connectivity index (χ3n) is 1.86. The van der Waals surface area contributed by atoms with Crippen molar-refractivity contribution < 1.29 is 3.07 Å². The number of hydrogen-bond acceptors (Lipinski definition) is 1. The minimum Gasteiger partial charge on any atom is -0.265 e. The molecule has 0 fully saturated rings. The summed E-state index contributed by atoms with van der Waals surface area (Å²) < 4.78 is 11.8. The van der Waals surface area contributed by atoms with Crippen LogP contribution < -0.4 is 0 Å². The van der Waals surface area contributed by atoms with Crippen LogP contribution in [0.4, 0.5) is 0 Å². The van der Waals surface area contributed by atoms with Crippen molar-refractivity contribution in [3.8, 4) is 0 Å². The van der Waals surface area contributed by atoms with Crippen molar-refractivity contribution in [2.45, 2.75) is 20.8 Å². The summed E-state index contributed by atoms with van der Waals surface area (Å²) in [5, 5.41) is 0. The van der Waals surface area contributed by atoms with Crippen molar-refractivity contribution in [2.24, 2.45) is 0 Å². The molecule has 1 rings (SSSR count). The Balaban J connectivity index is 3.31. The summed E-state index contributed by atoms with van der Waals surface area (Å²) >= 11 is -0.992. The van der Waals surface area contributed by atoms with Crippen LogP contribution in [0.1, 0.15) is 16.7 Å². The molecule has 0 heterocycles. The lowest BCUT2D eigenvalue weighted by Gasteiger charge is -2.02. The second-order valence-electron chi connectivity index (χ2n) is 2.76. The topological polar surface area (TPSA) is 17.1 Å². The molecule has 0 aliphatic carbocycles. The van der Waals surface area contributed by atoms with Gasteiger partial charge in [0.25, 0.3) is 0 Å². The first-order chi connectivity index (χ1) is 5.15. The normalized spacial score (nSPS) is 10.1. The molecule has 0 unspecified atom stereocenters. The molecule has 1 aromatic carbocycles. The minimum atomic E-state index is -0.992. The maximum absolute atomic E-state index is 10.7. The number of rotatable bonds is 1. The fourth-order valence-electron chi connectivity index (χ4n) is 1.01. The molecule has 0 aliphatic rings. The predicted octanol–water partition coefficient (Wildman–Crippen LogP) is 3.10. The third kappa shape index (κ3) is 1.86. The van der Waals surface area contributed by atoms with Gasteiger partial charge in [-0.1, -0.05) is 6.07 Å². The van der Waals surface area contributed by atoms with Gasteiger partial charge in [-0.15, -0.1) is 0 Å². The molecule has 1 aromatic rings. The molecule has 0 atom stereocenters. The van der Waals surface area contributed by atoms with Crippen LogP contribution in [0.5, 0.6) is 0 Å². The molecule has 0 N–H and O–H groups in total. The van der Waals surface area contributed by atoms with Gasteiger partial charge < -0.3 is 0 Å². The molecule has 0 saturated heterocycles. The first kappa shape index (κ1) is 8.84. The molecule has 0 saturated carbocycles. The van der Waals surface area contributed by atoms with E-state index >= 15 is 0 Å². The summed E-state index contributed by atoms with van der Waals surface area (Å²) in [5.41, 5.74) is 3.68. The van der Waals surface area contributed by atoms with Crippen molar-refractivity contribution in [2.75, 3.05) is 0 Å². The molecule has 0 aromatic heterocycles. The zero-order chi connectivity index (χ0) is 8.43. The zero-order valence-electron chi connectivity index (χ0n) is 6.94. The van der Waals surface area contributed by atoms with Gasteiger partial charge in [0.2, 0.25) is 0 Å². The van der Waals surface area contributed by atoms with Gasteiger partial charge in [0, 0.05) is 3.57 Å². The van der Waals surface area contributed by atoms with Crippen molar-refractivity contribution in [1.82, 2.24) is 0 Å². The molecule has 60 valence electrons. The van der Waals surface area contributed by atoms with Crippen molar-refractivity contribution >= 4 is 21.2 Å². The van der Waals surface area contributed by atoms with Gasteiger partial charge in [0.15, 0.2) is 21.2 Å². The summed E-state index contributed by atoms with van der Waals surface area (Å²) in [6.45, 7) is 6.15. The minimum absolute atomic E-state index is 0.992. The van der Waals surface area contributed by atoms with E-state index in [4.69, 9.17) is 0 Å². The van der Waals surface area contributed by atoms with Crippen molar-refractivity contribution in [3.63, 3.8) is 0 Å². The van der Waals surface area contributed by atoms with E-state index in [-0.39, 0.29) is 0 Å². The van der Waals surface area contributed by atoms with Gasteiger partial charge >= 0.3 is 0 Å². The van der Waals surface area contributed by atoms with Crippen molar-refractivity contribution in [3.05, 3.63) is 32.4 Å². The Hall–Kier alpha value is -0.250. The van der Waals surface area contributed by atoms with Crippen molar-refractivity contribution in [1.29, 1.82) is 0 Å². The monoisotopic (exact) mass is 262 g/mol. The predicted molar refractivity (Wildman–Crippen MR) is 54.1 cm³/mol. The average Bonchev–Trinajstić information content (AvgIpc) is 1.97. The Labute approximate surface area is 77.5 Å². The van der Waals surface area contributed by atoms with E-state index in [0.29, 0.717) is 0 Å². The SMILES string of the molecule is Cc1cc(C)c(I=O)cc1C. The Morgan fingerprint density at radius 3 is 2.09 bits per heavy atom. The Morgan fingerprint density at radius 2 is 1.55 bits per heavy atom. The molecule has 11 heavy (non-hydrogen) atoms. The lowest BCUT2D eigenvalue weighted by molar-refractivity contribution is 0.648. The number of aryl methyl sites for hydroxylation is 3. The second-order valence-corrected chi connectivity index (χ2v) is 4.37. The molecule has 0 bridgehead atoms. The van der Waals surface area contributed by atoms with E-state index < -0.39 is 21.2 Å². The molecule has 0 amide bonds. The van der Waals surface area contributed by atoms with Gasteiger partial charge in [0.05, 0.1) is 0 Å². The Bertz CT molecular complexity index is 292. The molecule has 1 nitrogen and oxygen atoms in total. The van der Waals surface area contributed by atoms with E-state index in [1.807, 2.05) is 13.0 Å². The second kappa shape index (κ2) is 3.43. The highest BCUT2D eigenvalue weighted by Crippen LogP contribution is 2.19. The smallest absolute Gasteiger partial charge is 0.182 e. The lowest BCUT2D eigenvalue weighted by Crippen LogP contribution is -1.86. The number of hydrogen-bond donors (Lipinski definition) is 0. The quantitative estimate of drug-likeness (QED) is 0.711. The van der Waals surface area contributed by atoms with E-state index in [1.165, 1.54) is 11.1 Å². The van der Waals surface area contributed by atoms with Crippen LogP contribution in [-0.2, 0) is 3.07 Å².